The summed E-state index contributed by atoms with van der Waals surface area (Å²) in [6, 6.07) is 0.0460. The van der Waals surface area contributed by atoms with Crippen molar-refractivity contribution in [3.05, 3.63) is 12.2 Å². The molecule has 1 rings (SSSR count). The quantitative estimate of drug-likeness (QED) is 0.681. The van der Waals surface area contributed by atoms with Gasteiger partial charge in [-0.15, -0.1) is 0 Å². The first-order chi connectivity index (χ1) is 7.65. The summed E-state index contributed by atoms with van der Waals surface area (Å²) in [5.74, 6) is -1.40. The molecule has 0 radical (unpaired) electrons. The Morgan fingerprint density at radius 2 is 2.06 bits per heavy atom. The highest BCUT2D eigenvalue weighted by Gasteiger charge is 2.24. The van der Waals surface area contributed by atoms with E-state index in [0.29, 0.717) is 13.0 Å². The van der Waals surface area contributed by atoms with Gasteiger partial charge in [-0.1, -0.05) is 0 Å². The highest BCUT2D eigenvalue weighted by molar-refractivity contribution is 5.94. The Morgan fingerprint density at radius 1 is 1.31 bits per heavy atom. The molecule has 0 spiro atoms. The van der Waals surface area contributed by atoms with Gasteiger partial charge in [-0.25, -0.2) is 4.79 Å². The zero-order chi connectivity index (χ0) is 12.0. The van der Waals surface area contributed by atoms with Crippen LogP contribution in [0, 0.1) is 0 Å². The minimum atomic E-state index is -1.12. The number of hydrogen-bond acceptors (Lipinski definition) is 3. The molecule has 0 aliphatic carbocycles. The number of aliphatic carboxylic acids is 1. The van der Waals surface area contributed by atoms with Crippen LogP contribution >= 0.6 is 0 Å². The van der Waals surface area contributed by atoms with Gasteiger partial charge in [-0.2, -0.15) is 0 Å². The summed E-state index contributed by atoms with van der Waals surface area (Å²) in [5.41, 5.74) is 0. The molecule has 5 heteroatoms. The second-order valence-corrected chi connectivity index (χ2v) is 3.87. The Morgan fingerprint density at radius 3 is 2.69 bits per heavy atom. The van der Waals surface area contributed by atoms with Gasteiger partial charge in [-0.05, 0) is 25.7 Å². The molecule has 1 saturated heterocycles. The van der Waals surface area contributed by atoms with Crippen LogP contribution in [0.3, 0.4) is 0 Å². The third-order valence-corrected chi connectivity index (χ3v) is 2.74. The number of carbonyl (C=O) groups excluding carboxylic acids is 1. The van der Waals surface area contributed by atoms with Gasteiger partial charge >= 0.3 is 5.97 Å². The molecule has 1 unspecified atom stereocenters. The zero-order valence-electron chi connectivity index (χ0n) is 9.13. The number of aliphatic hydroxyl groups excluding tert-OH is 1. The number of piperidine rings is 1. The highest BCUT2D eigenvalue weighted by Crippen LogP contribution is 2.19. The number of nitrogens with zero attached hydrogens (tertiary/aromatic N) is 1. The molecular formula is C11H17NO4. The molecule has 2 N–H and O–H groups in total. The van der Waals surface area contributed by atoms with Crippen molar-refractivity contribution >= 4 is 11.9 Å². The van der Waals surface area contributed by atoms with E-state index < -0.39 is 5.97 Å². The lowest BCUT2D eigenvalue weighted by atomic mass is 9.99. The summed E-state index contributed by atoms with van der Waals surface area (Å²) in [6.07, 6.45) is 5.37. The summed E-state index contributed by atoms with van der Waals surface area (Å²) in [7, 11) is 0. The van der Waals surface area contributed by atoms with Crippen LogP contribution < -0.4 is 0 Å². The van der Waals surface area contributed by atoms with Crippen LogP contribution in [0.25, 0.3) is 0 Å². The molecule has 0 bridgehead atoms. The van der Waals surface area contributed by atoms with Crippen molar-refractivity contribution in [1.82, 2.24) is 4.90 Å². The van der Waals surface area contributed by atoms with E-state index in [-0.39, 0.29) is 18.6 Å². The lowest BCUT2D eigenvalue weighted by Gasteiger charge is -2.34. The number of rotatable bonds is 4. The van der Waals surface area contributed by atoms with Crippen LogP contribution in [-0.4, -0.2) is 46.2 Å². The molecular weight excluding hydrogens is 210 g/mol. The maximum Gasteiger partial charge on any atom is 0.328 e. The Balaban J connectivity index is 2.60. The zero-order valence-corrected chi connectivity index (χ0v) is 9.13. The average molecular weight is 227 g/mol. The average Bonchev–Trinajstić information content (AvgIpc) is 2.27. The molecule has 0 aromatic carbocycles. The maximum absolute atomic E-state index is 11.7. The summed E-state index contributed by atoms with van der Waals surface area (Å²) in [4.78, 5) is 23.6. The SMILES string of the molecule is O=C(O)/C=C/C(=O)N1CCCCC1CCO. The fourth-order valence-electron chi connectivity index (χ4n) is 1.98. The van der Waals surface area contributed by atoms with E-state index in [1.165, 1.54) is 0 Å². The summed E-state index contributed by atoms with van der Waals surface area (Å²) >= 11 is 0. The Hall–Kier alpha value is -1.36. The number of hydrogen-bond donors (Lipinski definition) is 2. The molecule has 90 valence electrons. The van der Waals surface area contributed by atoms with E-state index in [1.54, 1.807) is 4.90 Å². The Bertz CT molecular complexity index is 286. The van der Waals surface area contributed by atoms with Gasteiger partial charge in [0.15, 0.2) is 0 Å². The van der Waals surface area contributed by atoms with Crippen LogP contribution in [0.2, 0.25) is 0 Å². The second-order valence-electron chi connectivity index (χ2n) is 3.87. The van der Waals surface area contributed by atoms with Crippen molar-refractivity contribution in [3.8, 4) is 0 Å². The summed E-state index contributed by atoms with van der Waals surface area (Å²) in [6.45, 7) is 0.699. The smallest absolute Gasteiger partial charge is 0.328 e. The number of carboxylic acid groups (broad SMARTS) is 1. The molecule has 1 amide bonds. The predicted octanol–water partition coefficient (Wildman–Crippen LogP) is 0.391. The van der Waals surface area contributed by atoms with Gasteiger partial charge < -0.3 is 15.1 Å². The molecule has 0 aromatic rings. The first-order valence-corrected chi connectivity index (χ1v) is 5.47. The molecule has 0 saturated carbocycles. The van der Waals surface area contributed by atoms with Gasteiger partial charge in [0, 0.05) is 31.3 Å². The minimum Gasteiger partial charge on any atom is -0.478 e. The predicted molar refractivity (Wildman–Crippen MR) is 57.8 cm³/mol. The van der Waals surface area contributed by atoms with Crippen molar-refractivity contribution in [2.75, 3.05) is 13.2 Å². The van der Waals surface area contributed by atoms with Gasteiger partial charge in [0.05, 0.1) is 0 Å². The molecule has 16 heavy (non-hydrogen) atoms. The molecule has 1 heterocycles. The number of aliphatic hydroxyl groups is 1. The molecule has 5 nitrogen and oxygen atoms in total. The van der Waals surface area contributed by atoms with Gasteiger partial charge in [0.1, 0.15) is 0 Å². The number of carbonyl (C=O) groups is 2. The first kappa shape index (κ1) is 12.7. The van der Waals surface area contributed by atoms with Gasteiger partial charge in [-0.3, -0.25) is 4.79 Å². The lowest BCUT2D eigenvalue weighted by Crippen LogP contribution is -2.43. The molecule has 1 atom stereocenters. The first-order valence-electron chi connectivity index (χ1n) is 5.47. The highest BCUT2D eigenvalue weighted by atomic mass is 16.4. The normalized spacial score (nSPS) is 21.3. The maximum atomic E-state index is 11.7. The van der Waals surface area contributed by atoms with Crippen molar-refractivity contribution in [2.24, 2.45) is 0 Å². The van der Waals surface area contributed by atoms with E-state index in [9.17, 15) is 9.59 Å². The molecule has 1 fully saturated rings. The molecule has 1 aliphatic rings. The third-order valence-electron chi connectivity index (χ3n) is 2.74. The topological polar surface area (TPSA) is 77.8 Å². The fourth-order valence-corrected chi connectivity index (χ4v) is 1.98. The molecule has 1 aliphatic heterocycles. The third kappa shape index (κ3) is 3.66. The summed E-state index contributed by atoms with van der Waals surface area (Å²) < 4.78 is 0. The van der Waals surface area contributed by atoms with Crippen LogP contribution in [0.15, 0.2) is 12.2 Å². The second kappa shape index (κ2) is 6.27. The van der Waals surface area contributed by atoms with Crippen LogP contribution in [-0.2, 0) is 9.59 Å². The van der Waals surface area contributed by atoms with Crippen molar-refractivity contribution in [3.63, 3.8) is 0 Å². The van der Waals surface area contributed by atoms with E-state index in [2.05, 4.69) is 0 Å². The van der Waals surface area contributed by atoms with E-state index in [0.717, 1.165) is 31.4 Å². The van der Waals surface area contributed by atoms with Crippen LogP contribution in [0.1, 0.15) is 25.7 Å². The number of likely N-dealkylation sites (tertiary alicyclic amines) is 1. The van der Waals surface area contributed by atoms with E-state index >= 15 is 0 Å². The largest absolute Gasteiger partial charge is 0.478 e. The van der Waals surface area contributed by atoms with Crippen molar-refractivity contribution in [2.45, 2.75) is 31.7 Å². The fraction of sp³-hybridized carbons (Fsp3) is 0.636. The van der Waals surface area contributed by atoms with Crippen molar-refractivity contribution in [1.29, 1.82) is 0 Å². The van der Waals surface area contributed by atoms with Crippen LogP contribution in [0.5, 0.6) is 0 Å². The minimum absolute atomic E-state index is 0.0460. The van der Waals surface area contributed by atoms with E-state index in [4.69, 9.17) is 10.2 Å². The molecule has 0 aromatic heterocycles. The monoisotopic (exact) mass is 227 g/mol. The van der Waals surface area contributed by atoms with Gasteiger partial charge in [0.25, 0.3) is 0 Å². The van der Waals surface area contributed by atoms with E-state index in [1.807, 2.05) is 0 Å². The number of amides is 1. The summed E-state index contributed by atoms with van der Waals surface area (Å²) in [5, 5.41) is 17.3. The number of carboxylic acids is 1. The van der Waals surface area contributed by atoms with Gasteiger partial charge in [0.2, 0.25) is 5.91 Å². The van der Waals surface area contributed by atoms with Crippen molar-refractivity contribution < 1.29 is 19.8 Å². The lowest BCUT2D eigenvalue weighted by molar-refractivity contribution is -0.133. The standard InChI is InChI=1S/C11H17NO4/c13-8-6-9-3-1-2-7-12(9)10(14)4-5-11(15)16/h4-5,9,13H,1-3,6-8H2,(H,15,16)/b5-4+. The van der Waals surface area contributed by atoms with Crippen LogP contribution in [0.4, 0.5) is 0 Å². The Labute approximate surface area is 94.4 Å². The Kier molecular flexibility index (Phi) is 4.98.